The van der Waals surface area contributed by atoms with Crippen LogP contribution < -0.4 is 38.5 Å². The summed E-state index contributed by atoms with van der Waals surface area (Å²) in [4.78, 5) is 74.6. The lowest BCUT2D eigenvalue weighted by molar-refractivity contribution is -0.134. The highest BCUT2D eigenvalue weighted by molar-refractivity contribution is 6.30. The van der Waals surface area contributed by atoms with Gasteiger partial charge < -0.3 is 43.5 Å². The quantitative estimate of drug-likeness (QED) is 0.0400. The Bertz CT molecular complexity index is 1960. The summed E-state index contributed by atoms with van der Waals surface area (Å²) in [5, 5.41) is 12.6. The molecule has 4 aromatic rings. The predicted molar refractivity (Wildman–Crippen MR) is 207 cm³/mol. The van der Waals surface area contributed by atoms with Crippen LogP contribution in [-0.2, 0) is 43.2 Å². The van der Waals surface area contributed by atoms with Crippen LogP contribution in [0.3, 0.4) is 0 Å². The van der Waals surface area contributed by atoms with E-state index >= 15 is 0 Å². The Morgan fingerprint density at radius 1 is 0.704 bits per heavy atom. The summed E-state index contributed by atoms with van der Waals surface area (Å²) < 4.78 is 0. The van der Waals surface area contributed by atoms with Crippen LogP contribution in [0.15, 0.2) is 90.1 Å². The molecule has 0 spiro atoms. The molecule has 0 bridgehead atoms. The number of carbonyl (C=O) groups is 5. The molecule has 0 unspecified atom stereocenters. The number of nitrogens with zero attached hydrogens (tertiary/aromatic N) is 1. The number of aromatic nitrogens is 1. The Morgan fingerprint density at radius 2 is 1.28 bits per heavy atom. The van der Waals surface area contributed by atoms with Gasteiger partial charge in [0.2, 0.25) is 29.5 Å². The van der Waals surface area contributed by atoms with E-state index in [-0.39, 0.29) is 50.0 Å². The Balaban J connectivity index is 1.36. The van der Waals surface area contributed by atoms with Crippen molar-refractivity contribution in [1.29, 1.82) is 0 Å². The fourth-order valence-corrected chi connectivity index (χ4v) is 6.22. The molecule has 1 aromatic heterocycles. The van der Waals surface area contributed by atoms with Gasteiger partial charge in [-0.1, -0.05) is 72.3 Å². The summed E-state index contributed by atoms with van der Waals surface area (Å²) in [7, 11) is 0. The number of benzene rings is 3. The van der Waals surface area contributed by atoms with Crippen LogP contribution in [-0.4, -0.2) is 71.2 Å². The van der Waals surface area contributed by atoms with Gasteiger partial charge in [-0.2, -0.15) is 0 Å². The molecule has 4 atom stereocenters. The molecule has 1 fully saturated rings. The van der Waals surface area contributed by atoms with E-state index in [1.165, 1.54) is 0 Å². The van der Waals surface area contributed by atoms with Crippen LogP contribution in [0.1, 0.15) is 42.4 Å². The van der Waals surface area contributed by atoms with Crippen molar-refractivity contribution in [2.24, 2.45) is 28.1 Å². The Hall–Kier alpha value is -5.89. The Kier molecular flexibility index (Phi) is 13.6. The average molecular weight is 756 g/mol. The second kappa shape index (κ2) is 18.7. The van der Waals surface area contributed by atoms with Gasteiger partial charge in [-0.3, -0.25) is 29.0 Å². The molecular formula is C39H46ClN9O5. The number of H-pyrrole nitrogens is 1. The fraction of sp³-hybridized carbons (Fsp3) is 0.333. The van der Waals surface area contributed by atoms with Gasteiger partial charge in [-0.15, -0.1) is 0 Å². The number of carbonyl (C=O) groups excluding carboxylic acids is 5. The zero-order valence-corrected chi connectivity index (χ0v) is 30.5. The minimum Gasteiger partial charge on any atom is -0.370 e. The fourth-order valence-electron chi connectivity index (χ4n) is 6.09. The summed E-state index contributed by atoms with van der Waals surface area (Å²) in [6.45, 7) is 0.174. The molecule has 3 aromatic carbocycles. The van der Waals surface area contributed by atoms with Gasteiger partial charge >= 0.3 is 0 Å². The molecule has 1 saturated carbocycles. The molecule has 0 saturated heterocycles. The predicted octanol–water partition coefficient (Wildman–Crippen LogP) is 1.74. The van der Waals surface area contributed by atoms with Crippen molar-refractivity contribution >= 4 is 58.0 Å². The lowest BCUT2D eigenvalue weighted by Crippen LogP contribution is -2.59. The largest absolute Gasteiger partial charge is 0.370 e. The van der Waals surface area contributed by atoms with Gasteiger partial charge in [-0.25, -0.2) is 0 Å². The van der Waals surface area contributed by atoms with E-state index in [2.05, 4.69) is 31.2 Å². The van der Waals surface area contributed by atoms with Gasteiger partial charge in [0.15, 0.2) is 5.96 Å². The van der Waals surface area contributed by atoms with Crippen molar-refractivity contribution in [3.63, 3.8) is 0 Å². The highest BCUT2D eigenvalue weighted by atomic mass is 35.5. The summed E-state index contributed by atoms with van der Waals surface area (Å²) in [5.41, 5.74) is 19.9. The SMILES string of the molecule is NC(=O)[C@H](Cc1c[nH]c2ccccc12)NC(=O)[C@H](CCCN=C(N)N)NC(=O)[C@H](Cc1ccccc1)NC(=O)[C@H](Cc1ccc(Cl)cc1)NC(=O)C1CC1. The number of primary amides is 1. The third-order valence-corrected chi connectivity index (χ3v) is 9.44. The number of aromatic amines is 1. The number of nitrogens with two attached hydrogens (primary N) is 3. The minimum atomic E-state index is -1.16. The maximum Gasteiger partial charge on any atom is 0.243 e. The molecule has 15 heteroatoms. The van der Waals surface area contributed by atoms with E-state index in [4.69, 9.17) is 28.8 Å². The molecule has 284 valence electrons. The molecule has 0 radical (unpaired) electrons. The molecule has 1 aliphatic rings. The average Bonchev–Trinajstić information content (AvgIpc) is 3.93. The number of halogens is 1. The van der Waals surface area contributed by atoms with E-state index in [1.54, 1.807) is 30.5 Å². The first-order valence-corrected chi connectivity index (χ1v) is 18.2. The topological polar surface area (TPSA) is 240 Å². The van der Waals surface area contributed by atoms with E-state index in [9.17, 15) is 24.0 Å². The maximum atomic E-state index is 14.1. The third kappa shape index (κ3) is 11.6. The summed E-state index contributed by atoms with van der Waals surface area (Å²) >= 11 is 6.08. The lowest BCUT2D eigenvalue weighted by Gasteiger charge is -2.26. The normalized spacial score (nSPS) is 14.5. The lowest BCUT2D eigenvalue weighted by atomic mass is 10.0. The molecule has 1 heterocycles. The molecule has 0 aliphatic heterocycles. The number of hydrogen-bond donors (Lipinski definition) is 8. The first-order chi connectivity index (χ1) is 26.0. The standard InChI is InChI=1S/C39H46ClN9O5/c40-27-16-12-24(13-17-27)20-32(48-35(51)25-14-15-25)38(54)49-33(19-23-7-2-1-3-8-23)37(53)46-30(11-6-18-44-39(42)43)36(52)47-31(34(41)50)21-26-22-45-29-10-5-4-9-28(26)29/h1-5,7-10,12-13,16-17,22,25,30-33,45H,6,11,14-15,18-21H2,(H2,41,50)(H,46,53)(H,47,52)(H,48,51)(H,49,54)(H4,42,43,44)/t30-,31-,32-,33-/m0/s1. The zero-order valence-electron chi connectivity index (χ0n) is 29.7. The summed E-state index contributed by atoms with van der Waals surface area (Å²) in [6, 6.07) is 19.1. The van der Waals surface area contributed by atoms with Crippen LogP contribution in [0.25, 0.3) is 10.9 Å². The number of hydrogen-bond acceptors (Lipinski definition) is 6. The number of guanidine groups is 1. The Morgan fingerprint density at radius 3 is 1.93 bits per heavy atom. The van der Waals surface area contributed by atoms with Crippen molar-refractivity contribution in [1.82, 2.24) is 26.3 Å². The number of para-hydroxylation sites is 1. The molecule has 11 N–H and O–H groups in total. The molecular weight excluding hydrogens is 710 g/mol. The smallest absolute Gasteiger partial charge is 0.243 e. The minimum absolute atomic E-state index is 0.0788. The highest BCUT2D eigenvalue weighted by Gasteiger charge is 2.35. The maximum absolute atomic E-state index is 14.1. The summed E-state index contributed by atoms with van der Waals surface area (Å²) in [6.07, 6.45) is 3.97. The monoisotopic (exact) mass is 755 g/mol. The third-order valence-electron chi connectivity index (χ3n) is 9.19. The van der Waals surface area contributed by atoms with Gasteiger partial charge in [0, 0.05) is 53.8 Å². The zero-order chi connectivity index (χ0) is 38.6. The Labute approximate surface area is 318 Å². The first kappa shape index (κ1) is 39.3. The van der Waals surface area contributed by atoms with Crippen molar-refractivity contribution in [3.8, 4) is 0 Å². The molecule has 14 nitrogen and oxygen atoms in total. The van der Waals surface area contributed by atoms with Gasteiger partial charge in [0.05, 0.1) is 0 Å². The van der Waals surface area contributed by atoms with Crippen molar-refractivity contribution in [3.05, 3.63) is 107 Å². The number of rotatable bonds is 19. The van der Waals surface area contributed by atoms with Crippen molar-refractivity contribution in [2.75, 3.05) is 6.54 Å². The summed E-state index contributed by atoms with van der Waals surface area (Å²) in [5.74, 6) is -3.15. The van der Waals surface area contributed by atoms with Gasteiger partial charge in [0.25, 0.3) is 0 Å². The van der Waals surface area contributed by atoms with Gasteiger partial charge in [-0.05, 0) is 60.6 Å². The van der Waals surface area contributed by atoms with Crippen LogP contribution in [0.5, 0.6) is 0 Å². The number of nitrogens with one attached hydrogen (secondary N) is 5. The van der Waals surface area contributed by atoms with Crippen LogP contribution >= 0.6 is 11.6 Å². The van der Waals surface area contributed by atoms with Crippen molar-refractivity contribution in [2.45, 2.75) is 69.1 Å². The van der Waals surface area contributed by atoms with Crippen LogP contribution in [0.4, 0.5) is 0 Å². The van der Waals surface area contributed by atoms with E-state index in [1.807, 2.05) is 54.6 Å². The molecule has 5 amide bonds. The van der Waals surface area contributed by atoms with Crippen LogP contribution in [0.2, 0.25) is 5.02 Å². The molecule has 5 rings (SSSR count). The second-order valence-corrected chi connectivity index (χ2v) is 13.9. The van der Waals surface area contributed by atoms with Gasteiger partial charge in [0.1, 0.15) is 24.2 Å². The molecule has 54 heavy (non-hydrogen) atoms. The first-order valence-electron chi connectivity index (χ1n) is 17.9. The number of aliphatic imine (C=N–C) groups is 1. The number of amides is 5. The second-order valence-electron chi connectivity index (χ2n) is 13.5. The highest BCUT2D eigenvalue weighted by Crippen LogP contribution is 2.29. The molecule has 1 aliphatic carbocycles. The van der Waals surface area contributed by atoms with Crippen molar-refractivity contribution < 1.29 is 24.0 Å². The van der Waals surface area contributed by atoms with Crippen LogP contribution in [0, 0.1) is 5.92 Å². The number of fused-ring (bicyclic) bond motifs is 1. The van der Waals surface area contributed by atoms with E-state index in [0.29, 0.717) is 11.4 Å². The van der Waals surface area contributed by atoms with E-state index < -0.39 is 47.8 Å². The van der Waals surface area contributed by atoms with E-state index in [0.717, 1.165) is 40.4 Å².